The maximum absolute atomic E-state index is 12.5. The molecule has 0 saturated carbocycles. The van der Waals surface area contributed by atoms with Crippen molar-refractivity contribution in [3.8, 4) is 0 Å². The Morgan fingerprint density at radius 3 is 2.96 bits per heavy atom. The van der Waals surface area contributed by atoms with Crippen LogP contribution in [-0.2, 0) is 17.8 Å². The Hall–Kier alpha value is -2.15. The van der Waals surface area contributed by atoms with Gasteiger partial charge in [0.2, 0.25) is 11.8 Å². The highest BCUT2D eigenvalue weighted by Gasteiger charge is 2.25. The fourth-order valence-electron chi connectivity index (χ4n) is 3.62. The largest absolute Gasteiger partial charge is 0.469 e. The second-order valence-corrected chi connectivity index (χ2v) is 6.84. The number of amides is 1. The van der Waals surface area contributed by atoms with Crippen LogP contribution in [0.2, 0.25) is 0 Å². The highest BCUT2D eigenvalue weighted by atomic mass is 16.5. The molecule has 1 aliphatic rings. The van der Waals surface area contributed by atoms with E-state index in [-0.39, 0.29) is 5.91 Å². The van der Waals surface area contributed by atoms with Gasteiger partial charge in [0.25, 0.3) is 0 Å². The molecule has 0 radical (unpaired) electrons. The molecule has 3 rings (SSSR count). The van der Waals surface area contributed by atoms with Gasteiger partial charge in [-0.05, 0) is 37.9 Å². The molecule has 26 heavy (non-hydrogen) atoms. The standard InChI is InChI=1S/C19H28N4O3/c1-3-22(14-18-20-15(2)26-21-18)16-6-4-11-23(12-10-16)19(24)9-8-17-7-5-13-25-17/h5,7,13,16H,3-4,6,8-12,14H2,1-2H3/t16-/m0/s1. The molecule has 7 nitrogen and oxygen atoms in total. The van der Waals surface area contributed by atoms with E-state index in [9.17, 15) is 4.79 Å². The van der Waals surface area contributed by atoms with Crippen molar-refractivity contribution in [1.82, 2.24) is 19.9 Å². The molecule has 0 bridgehead atoms. The van der Waals surface area contributed by atoms with Gasteiger partial charge in [-0.1, -0.05) is 12.1 Å². The summed E-state index contributed by atoms with van der Waals surface area (Å²) < 4.78 is 10.4. The van der Waals surface area contributed by atoms with Crippen molar-refractivity contribution in [1.29, 1.82) is 0 Å². The number of aromatic nitrogens is 2. The molecule has 3 heterocycles. The third-order valence-corrected chi connectivity index (χ3v) is 5.05. The quantitative estimate of drug-likeness (QED) is 0.756. The lowest BCUT2D eigenvalue weighted by molar-refractivity contribution is -0.131. The van der Waals surface area contributed by atoms with Crippen molar-refractivity contribution in [3.63, 3.8) is 0 Å². The van der Waals surface area contributed by atoms with Crippen LogP contribution in [0.1, 0.15) is 50.1 Å². The van der Waals surface area contributed by atoms with E-state index >= 15 is 0 Å². The van der Waals surface area contributed by atoms with E-state index in [1.807, 2.05) is 24.0 Å². The summed E-state index contributed by atoms with van der Waals surface area (Å²) >= 11 is 0. The predicted octanol–water partition coefficient (Wildman–Crippen LogP) is 2.81. The fraction of sp³-hybridized carbons (Fsp3) is 0.632. The summed E-state index contributed by atoms with van der Waals surface area (Å²) in [4.78, 5) is 21.2. The summed E-state index contributed by atoms with van der Waals surface area (Å²) in [6.45, 7) is 7.25. The third kappa shape index (κ3) is 4.94. The molecule has 1 fully saturated rings. The van der Waals surface area contributed by atoms with Crippen molar-refractivity contribution in [2.75, 3.05) is 19.6 Å². The Morgan fingerprint density at radius 2 is 2.27 bits per heavy atom. The Balaban J connectivity index is 1.50. The van der Waals surface area contributed by atoms with Crippen LogP contribution in [0.25, 0.3) is 0 Å². The fourth-order valence-corrected chi connectivity index (χ4v) is 3.62. The second kappa shape index (κ2) is 8.98. The zero-order valence-electron chi connectivity index (χ0n) is 15.7. The van der Waals surface area contributed by atoms with Gasteiger partial charge in [0, 0.05) is 38.9 Å². The molecule has 0 aromatic carbocycles. The minimum Gasteiger partial charge on any atom is -0.469 e. The number of furan rings is 1. The average Bonchev–Trinajstić information content (AvgIpc) is 3.24. The number of hydrogen-bond donors (Lipinski definition) is 0. The van der Waals surface area contributed by atoms with Gasteiger partial charge in [0.15, 0.2) is 5.82 Å². The van der Waals surface area contributed by atoms with Crippen molar-refractivity contribution in [2.24, 2.45) is 0 Å². The predicted molar refractivity (Wildman–Crippen MR) is 96.4 cm³/mol. The highest BCUT2D eigenvalue weighted by Crippen LogP contribution is 2.19. The monoisotopic (exact) mass is 360 g/mol. The summed E-state index contributed by atoms with van der Waals surface area (Å²) in [5.41, 5.74) is 0. The van der Waals surface area contributed by atoms with Crippen molar-refractivity contribution < 1.29 is 13.7 Å². The molecular formula is C19H28N4O3. The Bertz CT molecular complexity index is 683. The third-order valence-electron chi connectivity index (χ3n) is 5.05. The number of likely N-dealkylation sites (tertiary alicyclic amines) is 1. The van der Waals surface area contributed by atoms with E-state index in [1.165, 1.54) is 0 Å². The van der Waals surface area contributed by atoms with Gasteiger partial charge in [0.05, 0.1) is 12.8 Å². The van der Waals surface area contributed by atoms with Crippen LogP contribution in [0.4, 0.5) is 0 Å². The van der Waals surface area contributed by atoms with E-state index in [0.717, 1.165) is 50.5 Å². The minimum atomic E-state index is 0.221. The molecule has 142 valence electrons. The van der Waals surface area contributed by atoms with Gasteiger partial charge >= 0.3 is 0 Å². The smallest absolute Gasteiger partial charge is 0.223 e. The molecule has 0 N–H and O–H groups in total. The lowest BCUT2D eigenvalue weighted by Crippen LogP contribution is -2.37. The van der Waals surface area contributed by atoms with Crippen LogP contribution < -0.4 is 0 Å². The number of aryl methyl sites for hydroxylation is 2. The van der Waals surface area contributed by atoms with E-state index < -0.39 is 0 Å². The van der Waals surface area contributed by atoms with Gasteiger partial charge in [-0.25, -0.2) is 0 Å². The maximum Gasteiger partial charge on any atom is 0.223 e. The van der Waals surface area contributed by atoms with Crippen LogP contribution in [0.5, 0.6) is 0 Å². The van der Waals surface area contributed by atoms with Gasteiger partial charge in [-0.15, -0.1) is 0 Å². The molecule has 2 aromatic heterocycles. The first kappa shape index (κ1) is 18.6. The first-order chi connectivity index (χ1) is 12.7. The summed E-state index contributed by atoms with van der Waals surface area (Å²) in [7, 11) is 0. The Labute approximate surface area is 154 Å². The average molecular weight is 360 g/mol. The van der Waals surface area contributed by atoms with E-state index in [2.05, 4.69) is 22.0 Å². The zero-order chi connectivity index (χ0) is 18.4. The molecule has 1 atom stereocenters. The normalized spacial score (nSPS) is 18.3. The lowest BCUT2D eigenvalue weighted by Gasteiger charge is -2.28. The molecule has 7 heteroatoms. The molecule has 1 saturated heterocycles. The first-order valence-corrected chi connectivity index (χ1v) is 9.49. The lowest BCUT2D eigenvalue weighted by atomic mass is 10.1. The summed E-state index contributed by atoms with van der Waals surface area (Å²) in [5.74, 6) is 2.43. The van der Waals surface area contributed by atoms with Gasteiger partial charge in [0.1, 0.15) is 5.76 Å². The van der Waals surface area contributed by atoms with Crippen LogP contribution in [-0.4, -0.2) is 51.5 Å². The van der Waals surface area contributed by atoms with Crippen LogP contribution in [0, 0.1) is 6.92 Å². The van der Waals surface area contributed by atoms with Crippen LogP contribution in [0.15, 0.2) is 27.3 Å². The van der Waals surface area contributed by atoms with Gasteiger partial charge < -0.3 is 13.8 Å². The molecule has 1 aliphatic heterocycles. The minimum absolute atomic E-state index is 0.221. The number of carbonyl (C=O) groups excluding carboxylic acids is 1. The Morgan fingerprint density at radius 1 is 1.38 bits per heavy atom. The van der Waals surface area contributed by atoms with Crippen LogP contribution >= 0.6 is 0 Å². The number of carbonyl (C=O) groups is 1. The number of nitrogens with zero attached hydrogens (tertiary/aromatic N) is 4. The summed E-state index contributed by atoms with van der Waals surface area (Å²) in [6, 6.07) is 4.23. The molecule has 0 spiro atoms. The molecule has 1 amide bonds. The van der Waals surface area contributed by atoms with Crippen molar-refractivity contribution in [2.45, 2.75) is 58.5 Å². The second-order valence-electron chi connectivity index (χ2n) is 6.84. The topological polar surface area (TPSA) is 75.6 Å². The van der Waals surface area contributed by atoms with Gasteiger partial charge in [-0.3, -0.25) is 9.69 Å². The Kier molecular flexibility index (Phi) is 6.44. The van der Waals surface area contributed by atoms with Crippen LogP contribution in [0.3, 0.4) is 0 Å². The van der Waals surface area contributed by atoms with E-state index in [0.29, 0.717) is 31.3 Å². The van der Waals surface area contributed by atoms with E-state index in [1.54, 1.807) is 6.26 Å². The van der Waals surface area contributed by atoms with Crippen molar-refractivity contribution in [3.05, 3.63) is 35.9 Å². The summed E-state index contributed by atoms with van der Waals surface area (Å²) in [6.07, 6.45) is 5.94. The molecule has 0 aliphatic carbocycles. The van der Waals surface area contributed by atoms with Gasteiger partial charge in [-0.2, -0.15) is 4.98 Å². The molecular weight excluding hydrogens is 332 g/mol. The molecule has 2 aromatic rings. The first-order valence-electron chi connectivity index (χ1n) is 9.49. The van der Waals surface area contributed by atoms with E-state index in [4.69, 9.17) is 8.94 Å². The number of hydrogen-bond acceptors (Lipinski definition) is 6. The highest BCUT2D eigenvalue weighted by molar-refractivity contribution is 5.76. The van der Waals surface area contributed by atoms with Crippen molar-refractivity contribution >= 4 is 5.91 Å². The number of rotatable bonds is 7. The maximum atomic E-state index is 12.5. The molecule has 0 unspecified atom stereocenters. The summed E-state index contributed by atoms with van der Waals surface area (Å²) in [5, 5.41) is 4.01. The SMILES string of the molecule is CCN(Cc1noc(C)n1)[C@H]1CCCN(C(=O)CCc2ccco2)CC1. The zero-order valence-corrected chi connectivity index (χ0v) is 15.7.